The molecule has 18 heavy (non-hydrogen) atoms. The van der Waals surface area contributed by atoms with Crippen LogP contribution in [0.1, 0.15) is 0 Å². The number of hydrogen-bond donors (Lipinski definition) is 5. The molecule has 1 fully saturated rings. The molecular formula is C8H16O9S. The van der Waals surface area contributed by atoms with Gasteiger partial charge in [-0.1, -0.05) is 0 Å². The van der Waals surface area contributed by atoms with Crippen LogP contribution < -0.4 is 0 Å². The molecule has 9 nitrogen and oxygen atoms in total. The first kappa shape index (κ1) is 15.7. The molecule has 1 heterocycles. The molecule has 0 aromatic rings. The monoisotopic (exact) mass is 288 g/mol. The van der Waals surface area contributed by atoms with E-state index in [1.54, 1.807) is 0 Å². The molecule has 1 saturated heterocycles. The lowest BCUT2D eigenvalue weighted by atomic mass is 9.93. The summed E-state index contributed by atoms with van der Waals surface area (Å²) in [4.78, 5) is 0. The lowest BCUT2D eigenvalue weighted by Crippen LogP contribution is -2.66. The van der Waals surface area contributed by atoms with Gasteiger partial charge in [0.15, 0.2) is 0 Å². The second kappa shape index (κ2) is 5.35. The van der Waals surface area contributed by atoms with Crippen molar-refractivity contribution in [1.82, 2.24) is 0 Å². The Morgan fingerprint density at radius 1 is 1.28 bits per heavy atom. The zero-order valence-corrected chi connectivity index (χ0v) is 10.3. The summed E-state index contributed by atoms with van der Waals surface area (Å²) < 4.78 is 30.6. The Balaban J connectivity index is 2.85. The fourth-order valence-corrected chi connectivity index (χ4v) is 1.91. The zero-order valence-electron chi connectivity index (χ0n) is 9.50. The largest absolute Gasteiger partial charge is 0.394 e. The number of aliphatic hydroxyl groups excluding tert-OH is 4. The van der Waals surface area contributed by atoms with Gasteiger partial charge in [0.25, 0.3) is 10.1 Å². The topological polar surface area (TPSA) is 154 Å². The maximum atomic E-state index is 10.8. The van der Waals surface area contributed by atoms with E-state index in [0.717, 1.165) is 6.26 Å². The molecule has 0 bridgehead atoms. The van der Waals surface area contributed by atoms with Gasteiger partial charge in [-0.25, -0.2) is 0 Å². The van der Waals surface area contributed by atoms with E-state index in [1.807, 2.05) is 0 Å². The highest BCUT2D eigenvalue weighted by Crippen LogP contribution is 2.28. The van der Waals surface area contributed by atoms with Crippen LogP contribution in [0.2, 0.25) is 0 Å². The number of aliphatic hydroxyl groups is 5. The van der Waals surface area contributed by atoms with E-state index in [9.17, 15) is 28.8 Å². The summed E-state index contributed by atoms with van der Waals surface area (Å²) in [7, 11) is -3.90. The number of hydrogen-bond acceptors (Lipinski definition) is 9. The fourth-order valence-electron chi connectivity index (χ4n) is 1.53. The van der Waals surface area contributed by atoms with E-state index in [2.05, 4.69) is 4.18 Å². The van der Waals surface area contributed by atoms with Gasteiger partial charge >= 0.3 is 0 Å². The highest BCUT2D eigenvalue weighted by Gasteiger charge is 2.53. The van der Waals surface area contributed by atoms with Crippen molar-refractivity contribution in [2.45, 2.75) is 30.2 Å². The van der Waals surface area contributed by atoms with Crippen molar-refractivity contribution in [3.05, 3.63) is 0 Å². The smallest absolute Gasteiger partial charge is 0.264 e. The predicted octanol–water partition coefficient (Wildman–Crippen LogP) is -3.87. The Kier molecular flexibility index (Phi) is 4.67. The molecule has 0 unspecified atom stereocenters. The third-order valence-corrected chi connectivity index (χ3v) is 3.08. The molecule has 1 rings (SSSR count). The van der Waals surface area contributed by atoms with Crippen LogP contribution in [0.4, 0.5) is 0 Å². The van der Waals surface area contributed by atoms with Gasteiger partial charge in [-0.2, -0.15) is 8.42 Å². The molecule has 0 radical (unpaired) electrons. The van der Waals surface area contributed by atoms with Crippen LogP contribution in [-0.2, 0) is 19.0 Å². The van der Waals surface area contributed by atoms with Crippen molar-refractivity contribution < 1.29 is 42.9 Å². The maximum Gasteiger partial charge on any atom is 0.264 e. The fraction of sp³-hybridized carbons (Fsp3) is 1.00. The van der Waals surface area contributed by atoms with Gasteiger partial charge in [-0.3, -0.25) is 4.18 Å². The molecule has 0 amide bonds. The lowest BCUT2D eigenvalue weighted by Gasteiger charge is -2.44. The average molecular weight is 288 g/mol. The van der Waals surface area contributed by atoms with Crippen LogP contribution in [0.15, 0.2) is 0 Å². The quantitative estimate of drug-likeness (QED) is 0.327. The molecule has 0 aromatic carbocycles. The molecule has 0 spiro atoms. The van der Waals surface area contributed by atoms with Gasteiger partial charge in [0, 0.05) is 0 Å². The van der Waals surface area contributed by atoms with Gasteiger partial charge in [-0.15, -0.1) is 0 Å². The Labute approximate surface area is 103 Å². The summed E-state index contributed by atoms with van der Waals surface area (Å²) in [5.74, 6) is -2.55. The van der Waals surface area contributed by atoms with E-state index >= 15 is 0 Å². The summed E-state index contributed by atoms with van der Waals surface area (Å²) in [6, 6.07) is 0. The van der Waals surface area contributed by atoms with Crippen molar-refractivity contribution in [3.63, 3.8) is 0 Å². The lowest BCUT2D eigenvalue weighted by molar-refractivity contribution is -0.355. The molecule has 1 aliphatic heterocycles. The molecule has 0 saturated carbocycles. The number of ether oxygens (including phenoxy) is 1. The minimum atomic E-state index is -3.90. The van der Waals surface area contributed by atoms with Gasteiger partial charge in [0.1, 0.15) is 31.0 Å². The number of rotatable bonds is 4. The third kappa shape index (κ3) is 3.36. The first-order valence-electron chi connectivity index (χ1n) is 5.00. The summed E-state index contributed by atoms with van der Waals surface area (Å²) in [5.41, 5.74) is 0. The highest BCUT2D eigenvalue weighted by molar-refractivity contribution is 7.85. The third-order valence-electron chi connectivity index (χ3n) is 2.53. The van der Waals surface area contributed by atoms with E-state index in [1.165, 1.54) is 0 Å². The first-order valence-corrected chi connectivity index (χ1v) is 6.82. The van der Waals surface area contributed by atoms with E-state index < -0.39 is 53.5 Å². The van der Waals surface area contributed by atoms with Gasteiger partial charge in [-0.05, 0) is 0 Å². The van der Waals surface area contributed by atoms with Gasteiger partial charge < -0.3 is 30.3 Å². The standard InChI is InChI=1S/C8H16O9S/c1-18(14,15)16-3-8(13)7(12)6(11)5(10)4(2-9)17-8/h4-7,9-13H,2-3H2,1H3/t4-,5-,6+,7-,8+/m1/s1. The Bertz CT molecular complexity index is 380. The Hall–Kier alpha value is -0.330. The van der Waals surface area contributed by atoms with Gasteiger partial charge in [0.05, 0.1) is 12.9 Å². The Morgan fingerprint density at radius 2 is 1.83 bits per heavy atom. The second-order valence-corrected chi connectivity index (χ2v) is 5.72. The van der Waals surface area contributed by atoms with Crippen LogP contribution >= 0.6 is 0 Å². The average Bonchev–Trinajstić information content (AvgIpc) is 2.28. The SMILES string of the molecule is CS(=O)(=O)OC[C@]1(O)O[C@H](CO)[C@@H](O)[C@H](O)[C@H]1O. The summed E-state index contributed by atoms with van der Waals surface area (Å²) in [6.45, 7) is -1.72. The van der Waals surface area contributed by atoms with Gasteiger partial charge in [0.2, 0.25) is 5.79 Å². The van der Waals surface area contributed by atoms with Crippen molar-refractivity contribution in [2.75, 3.05) is 19.5 Å². The molecule has 10 heteroatoms. The van der Waals surface area contributed by atoms with E-state index in [4.69, 9.17) is 9.84 Å². The zero-order chi connectivity index (χ0) is 14.1. The molecule has 0 aromatic heterocycles. The molecule has 5 atom stereocenters. The van der Waals surface area contributed by atoms with Crippen LogP contribution in [0.3, 0.4) is 0 Å². The second-order valence-electron chi connectivity index (χ2n) is 4.08. The van der Waals surface area contributed by atoms with Crippen molar-refractivity contribution in [3.8, 4) is 0 Å². The highest BCUT2D eigenvalue weighted by atomic mass is 32.2. The first-order chi connectivity index (χ1) is 8.10. The van der Waals surface area contributed by atoms with Crippen molar-refractivity contribution >= 4 is 10.1 Å². The molecule has 5 N–H and O–H groups in total. The van der Waals surface area contributed by atoms with Crippen LogP contribution in [-0.4, -0.2) is 83.6 Å². The van der Waals surface area contributed by atoms with Crippen molar-refractivity contribution in [1.29, 1.82) is 0 Å². The maximum absolute atomic E-state index is 10.8. The minimum absolute atomic E-state index is 0.723. The minimum Gasteiger partial charge on any atom is -0.394 e. The summed E-state index contributed by atoms with van der Waals surface area (Å²) in [6.07, 6.45) is -6.08. The van der Waals surface area contributed by atoms with Crippen LogP contribution in [0.5, 0.6) is 0 Å². The van der Waals surface area contributed by atoms with Crippen LogP contribution in [0.25, 0.3) is 0 Å². The van der Waals surface area contributed by atoms with E-state index in [-0.39, 0.29) is 0 Å². The predicted molar refractivity (Wildman–Crippen MR) is 55.7 cm³/mol. The van der Waals surface area contributed by atoms with E-state index in [0.29, 0.717) is 0 Å². The summed E-state index contributed by atoms with van der Waals surface area (Å²) in [5, 5.41) is 47.1. The molecular weight excluding hydrogens is 272 g/mol. The van der Waals surface area contributed by atoms with Crippen LogP contribution in [0, 0.1) is 0 Å². The van der Waals surface area contributed by atoms with Crippen molar-refractivity contribution in [2.24, 2.45) is 0 Å². The normalized spacial score (nSPS) is 41.9. The molecule has 1 aliphatic rings. The molecule has 0 aliphatic carbocycles. The summed E-state index contributed by atoms with van der Waals surface area (Å²) >= 11 is 0. The Morgan fingerprint density at radius 3 is 2.28 bits per heavy atom. The molecule has 108 valence electrons.